The summed E-state index contributed by atoms with van der Waals surface area (Å²) in [7, 11) is 0. The minimum Gasteiger partial charge on any atom is -0.349 e. The molecule has 0 saturated heterocycles. The molecule has 8 heteroatoms. The van der Waals surface area contributed by atoms with Gasteiger partial charge in [-0.25, -0.2) is 9.67 Å². The van der Waals surface area contributed by atoms with Crippen LogP contribution in [0.5, 0.6) is 0 Å². The average molecular weight is 387 g/mol. The van der Waals surface area contributed by atoms with Crippen molar-refractivity contribution in [3.8, 4) is 9.88 Å². The highest BCUT2D eigenvalue weighted by molar-refractivity contribution is 7.22. The predicted molar refractivity (Wildman–Crippen MR) is 103 cm³/mol. The summed E-state index contributed by atoms with van der Waals surface area (Å²) in [4.78, 5) is 30.7. The van der Waals surface area contributed by atoms with Crippen molar-refractivity contribution in [1.29, 1.82) is 0 Å². The summed E-state index contributed by atoms with van der Waals surface area (Å²) in [5, 5.41) is 10.2. The molecule has 0 spiro atoms. The minimum absolute atomic E-state index is 0.103. The van der Waals surface area contributed by atoms with E-state index in [2.05, 4.69) is 15.4 Å². The first-order valence-electron chi connectivity index (χ1n) is 8.51. The molecule has 0 saturated carbocycles. The summed E-state index contributed by atoms with van der Waals surface area (Å²) in [6.45, 7) is 2.57. The van der Waals surface area contributed by atoms with E-state index in [4.69, 9.17) is 0 Å². The molecule has 0 aliphatic heterocycles. The Morgan fingerprint density at radius 2 is 2.27 bits per heavy atom. The van der Waals surface area contributed by atoms with Gasteiger partial charge in [0.2, 0.25) is 0 Å². The van der Waals surface area contributed by atoms with E-state index in [1.54, 1.807) is 17.4 Å². The van der Waals surface area contributed by atoms with Gasteiger partial charge < -0.3 is 5.32 Å². The maximum absolute atomic E-state index is 12.5. The molecule has 1 N–H and O–H groups in total. The number of fused-ring (bicyclic) bond motifs is 1. The topological polar surface area (TPSA) is 76.9 Å². The summed E-state index contributed by atoms with van der Waals surface area (Å²) in [5.41, 5.74) is 2.70. The summed E-state index contributed by atoms with van der Waals surface area (Å²) >= 11 is 3.00. The van der Waals surface area contributed by atoms with Crippen LogP contribution >= 0.6 is 22.7 Å². The lowest BCUT2D eigenvalue weighted by Crippen LogP contribution is -2.32. The Hall–Kier alpha value is -2.32. The smallest absolute Gasteiger partial charge is 0.267 e. The Morgan fingerprint density at radius 1 is 1.38 bits per heavy atom. The molecule has 3 aromatic heterocycles. The number of hydrogen-bond donors (Lipinski definition) is 1. The van der Waals surface area contributed by atoms with Gasteiger partial charge in [0.25, 0.3) is 11.5 Å². The van der Waals surface area contributed by atoms with Crippen LogP contribution in [0, 0.1) is 6.92 Å². The Bertz CT molecular complexity index is 1000. The van der Waals surface area contributed by atoms with E-state index in [0.29, 0.717) is 18.0 Å². The average Bonchev–Trinajstić information content (AvgIpc) is 3.34. The zero-order valence-electron chi connectivity index (χ0n) is 14.3. The highest BCUT2D eigenvalue weighted by atomic mass is 32.1. The van der Waals surface area contributed by atoms with Gasteiger partial charge in [-0.15, -0.1) is 22.7 Å². The molecule has 0 fully saturated rings. The Kier molecular flexibility index (Phi) is 4.69. The van der Waals surface area contributed by atoms with Crippen molar-refractivity contribution in [2.75, 3.05) is 6.54 Å². The Balaban J connectivity index is 1.41. The lowest BCUT2D eigenvalue weighted by molar-refractivity contribution is 0.0955. The predicted octanol–water partition coefficient (Wildman–Crippen LogP) is 2.66. The zero-order valence-corrected chi connectivity index (χ0v) is 16.0. The number of rotatable bonds is 5. The molecule has 0 atom stereocenters. The van der Waals surface area contributed by atoms with Crippen molar-refractivity contribution < 1.29 is 4.79 Å². The number of nitrogens with zero attached hydrogens (tertiary/aromatic N) is 3. The van der Waals surface area contributed by atoms with Crippen LogP contribution < -0.4 is 10.9 Å². The van der Waals surface area contributed by atoms with Crippen LogP contribution in [-0.2, 0) is 19.4 Å². The van der Waals surface area contributed by atoms with E-state index in [0.717, 1.165) is 46.1 Å². The van der Waals surface area contributed by atoms with Crippen molar-refractivity contribution in [2.45, 2.75) is 32.7 Å². The van der Waals surface area contributed by atoms with E-state index >= 15 is 0 Å². The molecule has 3 heterocycles. The number of carbonyl (C=O) groups excluding carboxylic acids is 1. The van der Waals surface area contributed by atoms with Gasteiger partial charge in [-0.3, -0.25) is 9.59 Å². The normalized spacial score (nSPS) is 13.0. The molecule has 1 amide bonds. The van der Waals surface area contributed by atoms with Gasteiger partial charge in [-0.2, -0.15) is 5.10 Å². The second-order valence-electron chi connectivity index (χ2n) is 6.20. The van der Waals surface area contributed by atoms with Crippen LogP contribution in [0.3, 0.4) is 0 Å². The second-order valence-corrected chi connectivity index (χ2v) is 8.14. The van der Waals surface area contributed by atoms with E-state index in [9.17, 15) is 9.59 Å². The first-order chi connectivity index (χ1) is 12.6. The van der Waals surface area contributed by atoms with Crippen LogP contribution in [-0.4, -0.2) is 27.2 Å². The third-order valence-corrected chi connectivity index (χ3v) is 6.56. The van der Waals surface area contributed by atoms with Gasteiger partial charge in [0.05, 0.1) is 22.8 Å². The van der Waals surface area contributed by atoms with Crippen LogP contribution in [0.15, 0.2) is 28.4 Å². The third-order valence-electron chi connectivity index (χ3n) is 4.37. The maximum atomic E-state index is 12.5. The van der Waals surface area contributed by atoms with Crippen molar-refractivity contribution in [1.82, 2.24) is 20.1 Å². The summed E-state index contributed by atoms with van der Waals surface area (Å²) in [6.07, 6.45) is 2.92. The van der Waals surface area contributed by atoms with Crippen molar-refractivity contribution in [2.24, 2.45) is 0 Å². The van der Waals surface area contributed by atoms with Crippen LogP contribution in [0.1, 0.15) is 33.0 Å². The fourth-order valence-electron chi connectivity index (χ4n) is 3.07. The lowest BCUT2D eigenvalue weighted by Gasteiger charge is -2.08. The number of nitrogens with one attached hydrogen (secondary N) is 1. The molecular weight excluding hydrogens is 368 g/mol. The molecule has 0 bridgehead atoms. The fourth-order valence-corrected chi connectivity index (χ4v) is 4.85. The van der Waals surface area contributed by atoms with Crippen molar-refractivity contribution >= 4 is 28.6 Å². The molecule has 6 nitrogen and oxygen atoms in total. The second kappa shape index (κ2) is 7.13. The molecule has 26 heavy (non-hydrogen) atoms. The highest BCUT2D eigenvalue weighted by Crippen LogP contribution is 2.30. The summed E-state index contributed by atoms with van der Waals surface area (Å²) in [5.74, 6) is -0.156. The zero-order chi connectivity index (χ0) is 18.1. The van der Waals surface area contributed by atoms with Gasteiger partial charge in [-0.05, 0) is 43.2 Å². The number of amides is 1. The lowest BCUT2D eigenvalue weighted by atomic mass is 10.2. The number of thiophene rings is 1. The Labute approximate surface area is 158 Å². The highest BCUT2D eigenvalue weighted by Gasteiger charge is 2.17. The SMILES string of the molecule is Cc1nc(-c2cccs2)sc1C(=O)NCCn1nc2c(cc1=O)CCC2. The monoisotopic (exact) mass is 386 g/mol. The van der Waals surface area contributed by atoms with Crippen molar-refractivity contribution in [3.63, 3.8) is 0 Å². The van der Waals surface area contributed by atoms with Crippen molar-refractivity contribution in [3.05, 3.63) is 55.8 Å². The third kappa shape index (κ3) is 3.34. The van der Waals surface area contributed by atoms with Gasteiger partial charge in [0, 0.05) is 12.6 Å². The van der Waals surface area contributed by atoms with Crippen LogP contribution in [0.25, 0.3) is 9.88 Å². The molecule has 0 radical (unpaired) electrons. The number of hydrogen-bond acceptors (Lipinski definition) is 6. The van der Waals surface area contributed by atoms with E-state index in [-0.39, 0.29) is 11.5 Å². The molecule has 1 aliphatic carbocycles. The number of carbonyl (C=O) groups is 1. The molecule has 0 unspecified atom stereocenters. The largest absolute Gasteiger partial charge is 0.349 e. The fraction of sp³-hybridized carbons (Fsp3) is 0.333. The van der Waals surface area contributed by atoms with Gasteiger partial charge in [0.15, 0.2) is 0 Å². The minimum atomic E-state index is -0.156. The van der Waals surface area contributed by atoms with Crippen LogP contribution in [0.4, 0.5) is 0 Å². The number of thiazole rings is 1. The molecule has 3 aromatic rings. The summed E-state index contributed by atoms with van der Waals surface area (Å²) < 4.78 is 1.45. The molecule has 1 aliphatic rings. The van der Waals surface area contributed by atoms with E-state index in [1.807, 2.05) is 24.4 Å². The molecular formula is C18H18N4O2S2. The Morgan fingerprint density at radius 3 is 3.08 bits per heavy atom. The standard InChI is InChI=1S/C18H18N4O2S2/c1-11-16(26-18(20-11)14-6-3-9-25-14)17(24)19-7-8-22-15(23)10-12-4-2-5-13(12)21-22/h3,6,9-10H,2,4-5,7-8H2,1H3,(H,19,24). The van der Waals surface area contributed by atoms with E-state index < -0.39 is 0 Å². The van der Waals surface area contributed by atoms with Gasteiger partial charge in [-0.1, -0.05) is 6.07 Å². The summed E-state index contributed by atoms with van der Waals surface area (Å²) in [6, 6.07) is 5.65. The maximum Gasteiger partial charge on any atom is 0.267 e. The first kappa shape index (κ1) is 17.1. The quantitative estimate of drug-likeness (QED) is 0.731. The number of aromatic nitrogens is 3. The van der Waals surface area contributed by atoms with Crippen LogP contribution in [0.2, 0.25) is 0 Å². The van der Waals surface area contributed by atoms with E-state index in [1.165, 1.54) is 16.0 Å². The molecule has 134 valence electrons. The van der Waals surface area contributed by atoms with Gasteiger partial charge in [0.1, 0.15) is 9.88 Å². The van der Waals surface area contributed by atoms with Gasteiger partial charge >= 0.3 is 0 Å². The number of aryl methyl sites for hydroxylation is 3. The molecule has 4 rings (SSSR count). The first-order valence-corrected chi connectivity index (χ1v) is 10.2. The molecule has 0 aromatic carbocycles.